The number of ether oxygens (including phenoxy) is 1. The standard InChI is InChI=1S/C12H13NO2S/c1-4-9(3)15-12(14)10-6-7-13-11(8-10)16-5-2/h1,6-9H,5H2,2-3H3/t9-/m0/s1. The molecule has 0 unspecified atom stereocenters. The highest BCUT2D eigenvalue weighted by atomic mass is 32.2. The van der Waals surface area contributed by atoms with Crippen molar-refractivity contribution < 1.29 is 9.53 Å². The summed E-state index contributed by atoms with van der Waals surface area (Å²) in [5, 5.41) is 0.810. The van der Waals surface area contributed by atoms with Gasteiger partial charge in [-0.2, -0.15) is 0 Å². The van der Waals surface area contributed by atoms with Crippen molar-refractivity contribution in [1.82, 2.24) is 4.98 Å². The van der Waals surface area contributed by atoms with Gasteiger partial charge in [-0.15, -0.1) is 18.2 Å². The molecule has 0 aliphatic carbocycles. The first-order chi connectivity index (χ1) is 7.67. The van der Waals surface area contributed by atoms with Gasteiger partial charge in [0.15, 0.2) is 6.10 Å². The molecule has 0 saturated carbocycles. The van der Waals surface area contributed by atoms with Gasteiger partial charge in [-0.25, -0.2) is 9.78 Å². The Hall–Kier alpha value is -1.47. The van der Waals surface area contributed by atoms with E-state index in [1.807, 2.05) is 6.92 Å². The number of rotatable bonds is 4. The van der Waals surface area contributed by atoms with Crippen LogP contribution < -0.4 is 0 Å². The molecule has 0 N–H and O–H groups in total. The fourth-order valence-corrected chi connectivity index (χ4v) is 1.67. The summed E-state index contributed by atoms with van der Waals surface area (Å²) >= 11 is 1.57. The average Bonchev–Trinajstić information content (AvgIpc) is 2.29. The highest BCUT2D eigenvalue weighted by molar-refractivity contribution is 7.99. The number of hydrogen-bond donors (Lipinski definition) is 0. The lowest BCUT2D eigenvalue weighted by Gasteiger charge is -2.07. The Morgan fingerprint density at radius 1 is 1.75 bits per heavy atom. The SMILES string of the molecule is C#C[C@H](C)OC(=O)c1ccnc(SCC)c1. The molecule has 1 rings (SSSR count). The minimum atomic E-state index is -0.511. The number of carbonyl (C=O) groups is 1. The number of pyridine rings is 1. The molecular weight excluding hydrogens is 222 g/mol. The topological polar surface area (TPSA) is 39.2 Å². The van der Waals surface area contributed by atoms with Gasteiger partial charge in [0.05, 0.1) is 10.6 Å². The lowest BCUT2D eigenvalue weighted by molar-refractivity contribution is 0.0438. The van der Waals surface area contributed by atoms with Crippen LogP contribution in [0.3, 0.4) is 0 Å². The third-order valence-corrected chi connectivity index (χ3v) is 2.59. The van der Waals surface area contributed by atoms with Crippen molar-refractivity contribution in [3.63, 3.8) is 0 Å². The van der Waals surface area contributed by atoms with Gasteiger partial charge in [-0.3, -0.25) is 0 Å². The van der Waals surface area contributed by atoms with Crippen LogP contribution in [0.2, 0.25) is 0 Å². The Labute approximate surface area is 99.6 Å². The number of terminal acetylenes is 1. The highest BCUT2D eigenvalue weighted by Gasteiger charge is 2.10. The molecule has 1 aromatic rings. The second kappa shape index (κ2) is 6.19. The summed E-state index contributed by atoms with van der Waals surface area (Å²) in [4.78, 5) is 15.7. The van der Waals surface area contributed by atoms with Gasteiger partial charge in [-0.1, -0.05) is 12.8 Å². The molecule has 0 aromatic carbocycles. The fourth-order valence-electron chi connectivity index (χ4n) is 1.03. The van der Waals surface area contributed by atoms with Crippen molar-refractivity contribution in [2.45, 2.75) is 25.0 Å². The van der Waals surface area contributed by atoms with Crippen molar-refractivity contribution in [2.24, 2.45) is 0 Å². The number of thioether (sulfide) groups is 1. The predicted molar refractivity (Wildman–Crippen MR) is 64.3 cm³/mol. The fraction of sp³-hybridized carbons (Fsp3) is 0.333. The van der Waals surface area contributed by atoms with Gasteiger partial charge in [0.1, 0.15) is 0 Å². The normalized spacial score (nSPS) is 11.6. The molecule has 16 heavy (non-hydrogen) atoms. The Morgan fingerprint density at radius 3 is 3.12 bits per heavy atom. The summed E-state index contributed by atoms with van der Waals surface area (Å²) in [6.07, 6.45) is 6.21. The molecule has 1 aromatic heterocycles. The Balaban J connectivity index is 2.76. The van der Waals surface area contributed by atoms with Crippen LogP contribution in [0.15, 0.2) is 23.4 Å². The van der Waals surface area contributed by atoms with E-state index in [0.717, 1.165) is 10.8 Å². The second-order valence-electron chi connectivity index (χ2n) is 3.03. The van der Waals surface area contributed by atoms with E-state index in [-0.39, 0.29) is 0 Å². The van der Waals surface area contributed by atoms with Crippen molar-refractivity contribution >= 4 is 17.7 Å². The van der Waals surface area contributed by atoms with Crippen LogP contribution in [-0.4, -0.2) is 22.8 Å². The number of hydrogen-bond acceptors (Lipinski definition) is 4. The molecule has 4 heteroatoms. The van der Waals surface area contributed by atoms with Crippen molar-refractivity contribution in [3.05, 3.63) is 23.9 Å². The quantitative estimate of drug-likeness (QED) is 0.456. The van der Waals surface area contributed by atoms with E-state index in [0.29, 0.717) is 5.56 Å². The van der Waals surface area contributed by atoms with Gasteiger partial charge < -0.3 is 4.74 Å². The molecule has 1 atom stereocenters. The Morgan fingerprint density at radius 2 is 2.50 bits per heavy atom. The molecule has 0 spiro atoms. The van der Waals surface area contributed by atoms with Crippen LogP contribution in [0, 0.1) is 12.3 Å². The summed E-state index contributed by atoms with van der Waals surface area (Å²) in [5.41, 5.74) is 0.480. The smallest absolute Gasteiger partial charge is 0.339 e. The van der Waals surface area contributed by atoms with Gasteiger partial charge in [0.2, 0.25) is 0 Å². The lowest BCUT2D eigenvalue weighted by atomic mass is 10.3. The first-order valence-corrected chi connectivity index (χ1v) is 5.92. The van der Waals surface area contributed by atoms with Crippen LogP contribution in [0.5, 0.6) is 0 Å². The molecule has 0 amide bonds. The van der Waals surface area contributed by atoms with E-state index >= 15 is 0 Å². The molecule has 0 radical (unpaired) electrons. The largest absolute Gasteiger partial charge is 0.446 e. The van der Waals surface area contributed by atoms with Crippen LogP contribution in [0.1, 0.15) is 24.2 Å². The van der Waals surface area contributed by atoms with Crippen molar-refractivity contribution in [1.29, 1.82) is 0 Å². The predicted octanol–water partition coefficient (Wildman–Crippen LogP) is 2.37. The molecular formula is C12H13NO2S. The maximum atomic E-state index is 11.6. The zero-order chi connectivity index (χ0) is 12.0. The van der Waals surface area contributed by atoms with E-state index in [9.17, 15) is 4.79 Å². The minimum absolute atomic E-state index is 0.411. The van der Waals surface area contributed by atoms with E-state index in [1.54, 1.807) is 37.0 Å². The maximum absolute atomic E-state index is 11.6. The number of aromatic nitrogens is 1. The van der Waals surface area contributed by atoms with Crippen LogP contribution in [-0.2, 0) is 4.74 Å². The van der Waals surface area contributed by atoms with Crippen LogP contribution >= 0.6 is 11.8 Å². The molecule has 3 nitrogen and oxygen atoms in total. The van der Waals surface area contributed by atoms with Crippen molar-refractivity contribution in [2.75, 3.05) is 5.75 Å². The summed E-state index contributed by atoms with van der Waals surface area (Å²) in [7, 11) is 0. The van der Waals surface area contributed by atoms with Gasteiger partial charge in [-0.05, 0) is 24.8 Å². The van der Waals surface area contributed by atoms with E-state index in [1.165, 1.54) is 0 Å². The molecule has 0 bridgehead atoms. The monoisotopic (exact) mass is 235 g/mol. The Bertz CT molecular complexity index is 412. The Kier molecular flexibility index (Phi) is 4.87. The molecule has 1 heterocycles. The third-order valence-electron chi connectivity index (χ3n) is 1.78. The average molecular weight is 235 g/mol. The number of nitrogens with zero attached hydrogens (tertiary/aromatic N) is 1. The summed E-state index contributed by atoms with van der Waals surface area (Å²) in [6.45, 7) is 3.68. The summed E-state index contributed by atoms with van der Waals surface area (Å²) in [5.74, 6) is 2.84. The van der Waals surface area contributed by atoms with Crippen LogP contribution in [0.4, 0.5) is 0 Å². The van der Waals surface area contributed by atoms with Crippen LogP contribution in [0.25, 0.3) is 0 Å². The maximum Gasteiger partial charge on any atom is 0.339 e. The zero-order valence-electron chi connectivity index (χ0n) is 9.27. The first-order valence-electron chi connectivity index (χ1n) is 4.93. The van der Waals surface area contributed by atoms with Gasteiger partial charge in [0, 0.05) is 6.20 Å². The van der Waals surface area contributed by atoms with Gasteiger partial charge in [0.25, 0.3) is 0 Å². The van der Waals surface area contributed by atoms with E-state index in [4.69, 9.17) is 11.2 Å². The molecule has 0 aliphatic rings. The number of esters is 1. The molecule has 0 aliphatic heterocycles. The number of carbonyl (C=O) groups excluding carboxylic acids is 1. The lowest BCUT2D eigenvalue weighted by Crippen LogP contribution is -2.13. The van der Waals surface area contributed by atoms with E-state index in [2.05, 4.69) is 10.9 Å². The first kappa shape index (κ1) is 12.6. The van der Waals surface area contributed by atoms with Crippen molar-refractivity contribution in [3.8, 4) is 12.3 Å². The summed E-state index contributed by atoms with van der Waals surface area (Å²) in [6, 6.07) is 3.32. The summed E-state index contributed by atoms with van der Waals surface area (Å²) < 4.78 is 5.01. The molecule has 84 valence electrons. The molecule has 0 fully saturated rings. The second-order valence-corrected chi connectivity index (χ2v) is 4.31. The zero-order valence-corrected chi connectivity index (χ0v) is 10.1. The highest BCUT2D eigenvalue weighted by Crippen LogP contribution is 2.16. The third kappa shape index (κ3) is 3.59. The molecule has 0 saturated heterocycles. The minimum Gasteiger partial charge on any atom is -0.446 e. The van der Waals surface area contributed by atoms with Gasteiger partial charge >= 0.3 is 5.97 Å². The van der Waals surface area contributed by atoms with E-state index < -0.39 is 12.1 Å².